The SMILES string of the molecule is Cc1ccc(S(=O)(=O)N2CCN(CC(=O)N/N=C/c3ccc(C(C)(C)C)cc3)CC2)cc1. The van der Waals surface area contributed by atoms with Gasteiger partial charge in [0.05, 0.1) is 17.7 Å². The summed E-state index contributed by atoms with van der Waals surface area (Å²) in [5, 5.41) is 4.04. The normalized spacial score (nSPS) is 16.4. The van der Waals surface area contributed by atoms with E-state index in [1.54, 1.807) is 30.5 Å². The molecule has 1 N–H and O–H groups in total. The van der Waals surface area contributed by atoms with Crippen molar-refractivity contribution in [1.29, 1.82) is 0 Å². The molecule has 1 heterocycles. The summed E-state index contributed by atoms with van der Waals surface area (Å²) < 4.78 is 27.1. The molecule has 7 nitrogen and oxygen atoms in total. The van der Waals surface area contributed by atoms with Crippen molar-refractivity contribution in [2.24, 2.45) is 5.10 Å². The van der Waals surface area contributed by atoms with Crippen LogP contribution in [0.3, 0.4) is 0 Å². The molecule has 0 saturated carbocycles. The van der Waals surface area contributed by atoms with Gasteiger partial charge in [0.2, 0.25) is 10.0 Å². The highest BCUT2D eigenvalue weighted by molar-refractivity contribution is 7.89. The van der Waals surface area contributed by atoms with Gasteiger partial charge >= 0.3 is 0 Å². The number of rotatable bonds is 6. The molecule has 1 fully saturated rings. The molecule has 0 atom stereocenters. The lowest BCUT2D eigenvalue weighted by atomic mass is 9.87. The maximum absolute atomic E-state index is 12.8. The summed E-state index contributed by atoms with van der Waals surface area (Å²) in [6.07, 6.45) is 1.62. The van der Waals surface area contributed by atoms with Crippen LogP contribution in [-0.2, 0) is 20.2 Å². The van der Waals surface area contributed by atoms with Gasteiger partial charge in [-0.3, -0.25) is 9.69 Å². The summed E-state index contributed by atoms with van der Waals surface area (Å²) in [5.41, 5.74) is 5.81. The molecule has 172 valence electrons. The quantitative estimate of drug-likeness (QED) is 0.535. The minimum Gasteiger partial charge on any atom is -0.292 e. The van der Waals surface area contributed by atoms with Gasteiger partial charge in [0.1, 0.15) is 0 Å². The van der Waals surface area contributed by atoms with Gasteiger partial charge in [-0.25, -0.2) is 13.8 Å². The third-order valence-corrected chi connectivity index (χ3v) is 7.45. The fourth-order valence-corrected chi connectivity index (χ4v) is 4.90. The van der Waals surface area contributed by atoms with Crippen molar-refractivity contribution < 1.29 is 13.2 Å². The van der Waals surface area contributed by atoms with Crippen LogP contribution in [-0.4, -0.2) is 62.5 Å². The predicted molar refractivity (Wildman–Crippen MR) is 127 cm³/mol. The fourth-order valence-electron chi connectivity index (χ4n) is 3.47. The molecule has 32 heavy (non-hydrogen) atoms. The minimum absolute atomic E-state index is 0.0907. The van der Waals surface area contributed by atoms with Gasteiger partial charge in [-0.05, 0) is 35.6 Å². The molecule has 1 aliphatic heterocycles. The van der Waals surface area contributed by atoms with Gasteiger partial charge in [0, 0.05) is 26.2 Å². The van der Waals surface area contributed by atoms with E-state index in [1.807, 2.05) is 24.0 Å². The number of piperazine rings is 1. The molecule has 3 rings (SSSR count). The highest BCUT2D eigenvalue weighted by Crippen LogP contribution is 2.22. The number of carbonyl (C=O) groups is 1. The first kappa shape index (κ1) is 24.1. The minimum atomic E-state index is -3.51. The Bertz CT molecular complexity index is 1050. The van der Waals surface area contributed by atoms with Crippen LogP contribution < -0.4 is 5.43 Å². The third kappa shape index (κ3) is 6.25. The van der Waals surface area contributed by atoms with Crippen LogP contribution in [0.25, 0.3) is 0 Å². The number of nitrogens with one attached hydrogen (secondary N) is 1. The summed E-state index contributed by atoms with van der Waals surface area (Å²) in [5.74, 6) is -0.220. The van der Waals surface area contributed by atoms with E-state index >= 15 is 0 Å². The molecule has 2 aromatic rings. The highest BCUT2D eigenvalue weighted by Gasteiger charge is 2.28. The molecule has 1 saturated heterocycles. The Balaban J connectivity index is 1.46. The summed E-state index contributed by atoms with van der Waals surface area (Å²) in [7, 11) is -3.51. The lowest BCUT2D eigenvalue weighted by molar-refractivity contribution is -0.122. The molecular weight excluding hydrogens is 424 g/mol. The van der Waals surface area contributed by atoms with E-state index in [0.717, 1.165) is 11.1 Å². The number of amides is 1. The summed E-state index contributed by atoms with van der Waals surface area (Å²) in [6.45, 7) is 10.3. The number of hydrogen-bond acceptors (Lipinski definition) is 5. The van der Waals surface area contributed by atoms with E-state index in [0.29, 0.717) is 31.1 Å². The van der Waals surface area contributed by atoms with Crippen molar-refractivity contribution in [2.45, 2.75) is 38.0 Å². The average Bonchev–Trinajstić information content (AvgIpc) is 2.74. The lowest BCUT2D eigenvalue weighted by Crippen LogP contribution is -2.50. The summed E-state index contributed by atoms with van der Waals surface area (Å²) >= 11 is 0. The second-order valence-electron chi connectivity index (χ2n) is 9.16. The van der Waals surface area contributed by atoms with Crippen LogP contribution in [0.15, 0.2) is 58.5 Å². The van der Waals surface area contributed by atoms with Gasteiger partial charge < -0.3 is 0 Å². The molecule has 0 spiro atoms. The average molecular weight is 457 g/mol. The summed E-state index contributed by atoms with van der Waals surface area (Å²) in [6, 6.07) is 15.0. The lowest BCUT2D eigenvalue weighted by Gasteiger charge is -2.33. The van der Waals surface area contributed by atoms with Crippen molar-refractivity contribution in [3.63, 3.8) is 0 Å². The Hall–Kier alpha value is -2.55. The molecular formula is C24H32N4O3S. The number of hydrogen-bond donors (Lipinski definition) is 1. The molecule has 1 aliphatic rings. The molecule has 0 aromatic heterocycles. The van der Waals surface area contributed by atoms with Crippen LogP contribution in [0.5, 0.6) is 0 Å². The molecule has 0 unspecified atom stereocenters. The van der Waals surface area contributed by atoms with Crippen LogP contribution >= 0.6 is 0 Å². The van der Waals surface area contributed by atoms with Crippen LogP contribution in [0.1, 0.15) is 37.5 Å². The van der Waals surface area contributed by atoms with Crippen molar-refractivity contribution in [2.75, 3.05) is 32.7 Å². The van der Waals surface area contributed by atoms with E-state index in [-0.39, 0.29) is 17.9 Å². The van der Waals surface area contributed by atoms with Gasteiger partial charge in [0.25, 0.3) is 5.91 Å². The van der Waals surface area contributed by atoms with E-state index < -0.39 is 10.0 Å². The third-order valence-electron chi connectivity index (χ3n) is 5.54. The van der Waals surface area contributed by atoms with Crippen molar-refractivity contribution in [1.82, 2.24) is 14.6 Å². The Kier molecular flexibility index (Phi) is 7.48. The van der Waals surface area contributed by atoms with Crippen molar-refractivity contribution >= 4 is 22.1 Å². The van der Waals surface area contributed by atoms with Gasteiger partial charge in [0.15, 0.2) is 0 Å². The Morgan fingerprint density at radius 3 is 2.16 bits per heavy atom. The van der Waals surface area contributed by atoms with Gasteiger partial charge in [-0.2, -0.15) is 9.41 Å². The first-order valence-corrected chi connectivity index (χ1v) is 12.2. The first-order chi connectivity index (χ1) is 15.1. The number of sulfonamides is 1. The van der Waals surface area contributed by atoms with Gasteiger partial charge in [-0.15, -0.1) is 0 Å². The van der Waals surface area contributed by atoms with Crippen molar-refractivity contribution in [3.8, 4) is 0 Å². The van der Waals surface area contributed by atoms with E-state index in [4.69, 9.17) is 0 Å². The van der Waals surface area contributed by atoms with Crippen LogP contribution in [0.2, 0.25) is 0 Å². The van der Waals surface area contributed by atoms with Gasteiger partial charge in [-0.1, -0.05) is 62.7 Å². The van der Waals surface area contributed by atoms with Crippen LogP contribution in [0, 0.1) is 6.92 Å². The number of hydrazone groups is 1. The Labute approximate surface area is 191 Å². The van der Waals surface area contributed by atoms with E-state index in [2.05, 4.69) is 43.4 Å². The van der Waals surface area contributed by atoms with E-state index in [9.17, 15) is 13.2 Å². The smallest absolute Gasteiger partial charge is 0.254 e. The molecule has 0 aliphatic carbocycles. The fraction of sp³-hybridized carbons (Fsp3) is 0.417. The maximum atomic E-state index is 12.8. The zero-order valence-corrected chi connectivity index (χ0v) is 20.0. The largest absolute Gasteiger partial charge is 0.292 e. The standard InChI is InChI=1S/C24H32N4O3S/c1-19-5-11-22(12-6-19)32(30,31)28-15-13-27(14-16-28)18-23(29)26-25-17-20-7-9-21(10-8-20)24(2,3)4/h5-12,17H,13-16,18H2,1-4H3,(H,26,29)/b25-17+. The van der Waals surface area contributed by atoms with Crippen molar-refractivity contribution in [3.05, 3.63) is 65.2 Å². The number of nitrogens with zero attached hydrogens (tertiary/aromatic N) is 3. The maximum Gasteiger partial charge on any atom is 0.254 e. The Morgan fingerprint density at radius 2 is 1.59 bits per heavy atom. The monoisotopic (exact) mass is 456 g/mol. The highest BCUT2D eigenvalue weighted by atomic mass is 32.2. The van der Waals surface area contributed by atoms with Crippen LogP contribution in [0.4, 0.5) is 0 Å². The zero-order chi connectivity index (χ0) is 23.4. The number of carbonyl (C=O) groups excluding carboxylic acids is 1. The predicted octanol–water partition coefficient (Wildman–Crippen LogP) is 2.75. The first-order valence-electron chi connectivity index (χ1n) is 10.8. The van der Waals surface area contributed by atoms with E-state index in [1.165, 1.54) is 9.87 Å². The molecule has 2 aromatic carbocycles. The molecule has 0 bridgehead atoms. The zero-order valence-electron chi connectivity index (χ0n) is 19.2. The summed E-state index contributed by atoms with van der Waals surface area (Å²) in [4.78, 5) is 14.5. The molecule has 0 radical (unpaired) electrons. The second-order valence-corrected chi connectivity index (χ2v) is 11.1. The second kappa shape index (κ2) is 9.94. The molecule has 8 heteroatoms. The molecule has 1 amide bonds. The number of aryl methyl sites for hydroxylation is 1. The Morgan fingerprint density at radius 1 is 1.00 bits per heavy atom. The topological polar surface area (TPSA) is 82.1 Å². The number of benzene rings is 2.